The number of hydrogen-bond donors (Lipinski definition) is 1. The van der Waals surface area contributed by atoms with Crippen molar-refractivity contribution in [1.82, 2.24) is 9.78 Å². The summed E-state index contributed by atoms with van der Waals surface area (Å²) in [6.07, 6.45) is -1.21. The first-order chi connectivity index (χ1) is 6.91. The molecule has 1 heterocycles. The molecule has 1 N–H and O–H groups in total. The molecule has 0 aromatic carbocycles. The first-order valence-electron chi connectivity index (χ1n) is 4.15. The van der Waals surface area contributed by atoms with Gasteiger partial charge in [-0.15, -0.1) is 0 Å². The van der Waals surface area contributed by atoms with E-state index in [0.717, 1.165) is 0 Å². The molecule has 0 amide bonds. The van der Waals surface area contributed by atoms with E-state index in [1.165, 1.54) is 17.8 Å². The number of carboxylic acids is 1. The minimum Gasteiger partial charge on any atom is -0.481 e. The second-order valence-corrected chi connectivity index (χ2v) is 4.29. The number of alkyl halides is 2. The molecule has 0 unspecified atom stereocenters. The van der Waals surface area contributed by atoms with Gasteiger partial charge in [-0.2, -0.15) is 5.10 Å². The number of halogens is 3. The molecule has 1 aromatic heterocycles. The smallest absolute Gasteiger partial charge is 0.308 e. The van der Waals surface area contributed by atoms with Crippen LogP contribution < -0.4 is 0 Å². The largest absolute Gasteiger partial charge is 0.481 e. The van der Waals surface area contributed by atoms with Gasteiger partial charge in [-0.05, 0) is 22.6 Å². The Hall–Kier alpha value is -0.730. The van der Waals surface area contributed by atoms with Crippen LogP contribution in [0, 0.1) is 9.49 Å². The van der Waals surface area contributed by atoms with Gasteiger partial charge >= 0.3 is 5.97 Å². The van der Waals surface area contributed by atoms with E-state index < -0.39 is 18.3 Å². The molecule has 1 atom stereocenters. The number of hydrogen-bond acceptors (Lipinski definition) is 2. The summed E-state index contributed by atoms with van der Waals surface area (Å²) in [6.45, 7) is 1.59. The highest BCUT2D eigenvalue weighted by Crippen LogP contribution is 2.22. The zero-order valence-corrected chi connectivity index (χ0v) is 9.98. The van der Waals surface area contributed by atoms with E-state index in [9.17, 15) is 13.6 Å². The Morgan fingerprint density at radius 1 is 1.73 bits per heavy atom. The lowest BCUT2D eigenvalue weighted by molar-refractivity contribution is -0.141. The first kappa shape index (κ1) is 12.3. The zero-order valence-electron chi connectivity index (χ0n) is 7.82. The zero-order chi connectivity index (χ0) is 11.6. The summed E-state index contributed by atoms with van der Waals surface area (Å²) in [5.74, 6) is -1.62. The molecule has 0 fully saturated rings. The van der Waals surface area contributed by atoms with Crippen LogP contribution >= 0.6 is 22.6 Å². The summed E-state index contributed by atoms with van der Waals surface area (Å²) >= 11 is 1.75. The van der Waals surface area contributed by atoms with E-state index in [-0.39, 0.29) is 12.2 Å². The van der Waals surface area contributed by atoms with E-state index in [2.05, 4.69) is 5.10 Å². The summed E-state index contributed by atoms with van der Waals surface area (Å²) < 4.78 is 26.3. The van der Waals surface area contributed by atoms with E-state index in [1.54, 1.807) is 22.6 Å². The first-order valence-corrected chi connectivity index (χ1v) is 5.23. The topological polar surface area (TPSA) is 55.1 Å². The van der Waals surface area contributed by atoms with Crippen molar-refractivity contribution in [3.05, 3.63) is 15.5 Å². The highest BCUT2D eigenvalue weighted by Gasteiger charge is 2.18. The number of nitrogens with zero attached hydrogens (tertiary/aromatic N) is 2. The van der Waals surface area contributed by atoms with Crippen LogP contribution in [0.2, 0.25) is 0 Å². The average Bonchev–Trinajstić information content (AvgIpc) is 2.46. The Morgan fingerprint density at radius 3 is 2.73 bits per heavy atom. The van der Waals surface area contributed by atoms with Crippen molar-refractivity contribution in [2.45, 2.75) is 19.9 Å². The lowest BCUT2D eigenvalue weighted by Gasteiger charge is -2.05. The van der Waals surface area contributed by atoms with Gasteiger partial charge in [0.2, 0.25) is 0 Å². The van der Waals surface area contributed by atoms with Crippen LogP contribution in [-0.2, 0) is 11.3 Å². The number of aliphatic carboxylic acids is 1. The Balaban J connectivity index is 2.79. The van der Waals surface area contributed by atoms with Crippen LogP contribution in [0.3, 0.4) is 0 Å². The number of carboxylic acid groups (broad SMARTS) is 1. The molecular formula is C8H9F2IN2O2. The van der Waals surface area contributed by atoms with Gasteiger partial charge in [0, 0.05) is 6.20 Å². The molecule has 1 aromatic rings. The number of rotatable bonds is 4. The highest BCUT2D eigenvalue weighted by molar-refractivity contribution is 14.1. The molecule has 7 heteroatoms. The average molecular weight is 330 g/mol. The molecule has 0 bridgehead atoms. The van der Waals surface area contributed by atoms with Crippen molar-refractivity contribution >= 4 is 28.6 Å². The van der Waals surface area contributed by atoms with Crippen LogP contribution in [0.5, 0.6) is 0 Å². The van der Waals surface area contributed by atoms with Crippen molar-refractivity contribution in [1.29, 1.82) is 0 Å². The fourth-order valence-corrected chi connectivity index (χ4v) is 1.68. The number of carbonyl (C=O) groups is 1. The SMILES string of the molecule is C[C@@H](Cn1cc(I)c(C(F)F)n1)C(=O)O. The fourth-order valence-electron chi connectivity index (χ4n) is 1.01. The van der Waals surface area contributed by atoms with E-state index in [1.807, 2.05) is 0 Å². The molecule has 0 spiro atoms. The third kappa shape index (κ3) is 3.11. The Kier molecular flexibility index (Phi) is 4.00. The molecule has 0 saturated heterocycles. The second-order valence-electron chi connectivity index (χ2n) is 3.12. The monoisotopic (exact) mass is 330 g/mol. The van der Waals surface area contributed by atoms with Gasteiger partial charge in [0.25, 0.3) is 6.43 Å². The third-order valence-corrected chi connectivity index (χ3v) is 2.66. The van der Waals surface area contributed by atoms with Gasteiger partial charge in [-0.25, -0.2) is 8.78 Å². The Morgan fingerprint density at radius 2 is 2.33 bits per heavy atom. The Labute approximate surface area is 98.4 Å². The van der Waals surface area contributed by atoms with Gasteiger partial charge in [0.15, 0.2) is 0 Å². The molecule has 0 saturated carbocycles. The summed E-state index contributed by atoms with van der Waals surface area (Å²) in [4.78, 5) is 10.5. The van der Waals surface area contributed by atoms with Crippen LogP contribution in [0.4, 0.5) is 8.78 Å². The summed E-state index contributed by atoms with van der Waals surface area (Å²) in [5.41, 5.74) is -0.298. The summed E-state index contributed by atoms with van der Waals surface area (Å²) in [5, 5.41) is 12.3. The maximum absolute atomic E-state index is 12.3. The van der Waals surface area contributed by atoms with Gasteiger partial charge in [0.1, 0.15) is 5.69 Å². The molecule has 15 heavy (non-hydrogen) atoms. The van der Waals surface area contributed by atoms with E-state index >= 15 is 0 Å². The molecule has 0 aliphatic heterocycles. The van der Waals surface area contributed by atoms with E-state index in [0.29, 0.717) is 3.57 Å². The van der Waals surface area contributed by atoms with Gasteiger partial charge in [-0.3, -0.25) is 9.48 Å². The predicted octanol–water partition coefficient (Wildman–Crippen LogP) is 2.15. The van der Waals surface area contributed by atoms with Crippen molar-refractivity contribution in [3.8, 4) is 0 Å². The highest BCUT2D eigenvalue weighted by atomic mass is 127. The van der Waals surface area contributed by atoms with Crippen molar-refractivity contribution in [2.24, 2.45) is 5.92 Å². The third-order valence-electron chi connectivity index (χ3n) is 1.83. The molecule has 84 valence electrons. The maximum Gasteiger partial charge on any atom is 0.308 e. The van der Waals surface area contributed by atoms with Crippen LogP contribution in [0.1, 0.15) is 19.0 Å². The van der Waals surface area contributed by atoms with Crippen molar-refractivity contribution in [2.75, 3.05) is 0 Å². The van der Waals surface area contributed by atoms with Crippen molar-refractivity contribution < 1.29 is 18.7 Å². The van der Waals surface area contributed by atoms with Crippen LogP contribution in [-0.4, -0.2) is 20.9 Å². The predicted molar refractivity (Wildman–Crippen MR) is 56.7 cm³/mol. The lowest BCUT2D eigenvalue weighted by Crippen LogP contribution is -2.17. The van der Waals surface area contributed by atoms with E-state index in [4.69, 9.17) is 5.11 Å². The van der Waals surface area contributed by atoms with Crippen molar-refractivity contribution in [3.63, 3.8) is 0 Å². The summed E-state index contributed by atoms with van der Waals surface area (Å²) in [7, 11) is 0. The molecular weight excluding hydrogens is 321 g/mol. The molecule has 4 nitrogen and oxygen atoms in total. The lowest BCUT2D eigenvalue weighted by atomic mass is 10.2. The van der Waals surface area contributed by atoms with Crippen LogP contribution in [0.15, 0.2) is 6.20 Å². The minimum absolute atomic E-state index is 0.0953. The Bertz CT molecular complexity index is 368. The molecule has 0 radical (unpaired) electrons. The fraction of sp³-hybridized carbons (Fsp3) is 0.500. The maximum atomic E-state index is 12.3. The van der Waals surface area contributed by atoms with Gasteiger partial charge in [-0.1, -0.05) is 6.92 Å². The molecule has 0 aliphatic rings. The second kappa shape index (κ2) is 4.86. The quantitative estimate of drug-likeness (QED) is 0.861. The minimum atomic E-state index is -2.63. The normalized spacial score (nSPS) is 13.1. The standard InChI is InChI=1S/C8H9F2IN2O2/c1-4(8(14)15)2-13-3-5(11)6(12-13)7(9)10/h3-4,7H,2H2,1H3,(H,14,15)/t4-/m0/s1. The van der Waals surface area contributed by atoms with Gasteiger partial charge in [0.05, 0.1) is 16.0 Å². The molecule has 0 aliphatic carbocycles. The van der Waals surface area contributed by atoms with Gasteiger partial charge < -0.3 is 5.11 Å². The summed E-state index contributed by atoms with van der Waals surface area (Å²) in [6, 6.07) is 0. The molecule has 1 rings (SSSR count). The van der Waals surface area contributed by atoms with Crippen LogP contribution in [0.25, 0.3) is 0 Å². The number of aromatic nitrogens is 2.